The highest BCUT2D eigenvalue weighted by Crippen LogP contribution is 2.42. The standard InChI is InChI=1S/C48H47F3N12O5S/c49-37-21-30(20-34-35(37)25-63(45(34)67)42(44(66)55-46-52-11-19-69-46)41-39-2-1-12-61(39)27-53-41)28-3-6-31(7-4-28)60-17-15-58(16-18-60)23-32(64)24-59-13-9-36(48(50,51)26-59)29-5-8-33-38(22-29)56-57-43(33)62-14-10-40(65)54-47(62)68/h3-8,11,19-22,27,36,42H,1-2,9-10,12-18,23-26H2,(H,56,57)(H,52,55,66)(H,54,65,68). The zero-order chi connectivity index (χ0) is 47.6. The van der Waals surface area contributed by atoms with Gasteiger partial charge in [-0.1, -0.05) is 18.2 Å². The number of imide groups is 1. The van der Waals surface area contributed by atoms with Gasteiger partial charge in [0.15, 0.2) is 22.8 Å². The first kappa shape index (κ1) is 44.5. The number of benzene rings is 3. The molecule has 8 heterocycles. The number of nitrogens with one attached hydrogen (secondary N) is 3. The van der Waals surface area contributed by atoms with Crippen LogP contribution < -0.4 is 20.4 Å². The Labute approximate surface area is 397 Å². The van der Waals surface area contributed by atoms with Gasteiger partial charge >= 0.3 is 6.03 Å². The monoisotopic (exact) mass is 960 g/mol. The number of hydrogen-bond acceptors (Lipinski definition) is 12. The molecule has 5 aliphatic heterocycles. The fraction of sp³-hybridized carbons (Fsp3) is 0.375. The molecule has 2 unspecified atom stereocenters. The van der Waals surface area contributed by atoms with Crippen LogP contribution in [0.3, 0.4) is 0 Å². The molecule has 0 bridgehead atoms. The Kier molecular flexibility index (Phi) is 11.5. The predicted molar refractivity (Wildman–Crippen MR) is 250 cm³/mol. The topological polar surface area (TPSA) is 185 Å². The number of H-pyrrole nitrogens is 1. The van der Waals surface area contributed by atoms with E-state index in [1.165, 1.54) is 32.1 Å². The lowest BCUT2D eigenvalue weighted by Gasteiger charge is -2.39. The molecule has 11 rings (SSSR count). The first-order chi connectivity index (χ1) is 33.4. The minimum atomic E-state index is -3.09. The van der Waals surface area contributed by atoms with Crippen molar-refractivity contribution in [3.63, 3.8) is 0 Å². The lowest BCUT2D eigenvalue weighted by atomic mass is 9.85. The normalized spacial score (nSPS) is 20.1. The summed E-state index contributed by atoms with van der Waals surface area (Å²) in [6, 6.07) is 14.0. The number of halogens is 3. The summed E-state index contributed by atoms with van der Waals surface area (Å²) in [4.78, 5) is 82.5. The van der Waals surface area contributed by atoms with Crippen molar-refractivity contribution in [3.05, 3.63) is 106 Å². The number of aryl methyl sites for hydroxylation is 1. The molecule has 69 heavy (non-hydrogen) atoms. The van der Waals surface area contributed by atoms with Gasteiger partial charge in [0, 0.05) is 85.2 Å². The van der Waals surface area contributed by atoms with Crippen LogP contribution in [0.4, 0.5) is 34.6 Å². The van der Waals surface area contributed by atoms with Gasteiger partial charge in [0.1, 0.15) is 5.82 Å². The minimum Gasteiger partial charge on any atom is -0.369 e. The maximum Gasteiger partial charge on any atom is 0.329 e. The van der Waals surface area contributed by atoms with Crippen molar-refractivity contribution in [1.29, 1.82) is 0 Å². The fourth-order valence-electron chi connectivity index (χ4n) is 10.5. The van der Waals surface area contributed by atoms with E-state index >= 15 is 13.2 Å². The lowest BCUT2D eigenvalue weighted by Crippen LogP contribution is -2.51. The molecule has 17 nitrogen and oxygen atoms in total. The van der Waals surface area contributed by atoms with E-state index in [2.05, 4.69) is 35.7 Å². The molecule has 0 aliphatic carbocycles. The summed E-state index contributed by atoms with van der Waals surface area (Å²) in [5.74, 6) is -5.77. The number of urea groups is 1. The SMILES string of the molecule is O=C(CN1CCN(c2ccc(-c3cc(F)c4c(c3)C(=O)N(C(C(=O)Nc3nccs3)c3ncn5c3CCC5)C4)cc2)CC1)CN1CCC(c2ccc3c(N4CCC(=O)NC4=O)n[nH]c3c2)C(F)(F)C1. The van der Waals surface area contributed by atoms with Gasteiger partial charge < -0.3 is 14.4 Å². The van der Waals surface area contributed by atoms with Crippen molar-refractivity contribution in [3.8, 4) is 11.1 Å². The predicted octanol–water partition coefficient (Wildman–Crippen LogP) is 5.57. The van der Waals surface area contributed by atoms with E-state index < -0.39 is 48.1 Å². The Morgan fingerprint density at radius 3 is 2.48 bits per heavy atom. The molecular formula is C48H47F3N12O5S. The van der Waals surface area contributed by atoms with Crippen molar-refractivity contribution in [1.82, 2.24) is 44.7 Å². The number of hydrogen-bond donors (Lipinski definition) is 3. The summed E-state index contributed by atoms with van der Waals surface area (Å²) in [6.07, 6.45) is 5.17. The van der Waals surface area contributed by atoms with Gasteiger partial charge in [0.05, 0.1) is 49.6 Å². The van der Waals surface area contributed by atoms with Crippen molar-refractivity contribution >= 4 is 68.4 Å². The summed E-state index contributed by atoms with van der Waals surface area (Å²) >= 11 is 1.26. The number of aromatic nitrogens is 5. The Morgan fingerprint density at radius 1 is 0.899 bits per heavy atom. The number of alkyl halides is 2. The van der Waals surface area contributed by atoms with Gasteiger partial charge in [-0.15, -0.1) is 11.3 Å². The number of piperazine rings is 1. The number of imidazole rings is 1. The van der Waals surface area contributed by atoms with Crippen molar-refractivity contribution in [2.45, 2.75) is 56.7 Å². The van der Waals surface area contributed by atoms with Crippen LogP contribution in [0.1, 0.15) is 64.1 Å². The number of fused-ring (bicyclic) bond motifs is 3. The number of carbonyl (C=O) groups excluding carboxylic acids is 5. The molecule has 3 aromatic heterocycles. The number of thiazole rings is 1. The summed E-state index contributed by atoms with van der Waals surface area (Å²) in [6.45, 7) is 3.20. The number of likely N-dealkylation sites (tertiary alicyclic amines) is 1. The number of amides is 5. The zero-order valence-corrected chi connectivity index (χ0v) is 38.1. The van der Waals surface area contributed by atoms with Crippen molar-refractivity contribution in [2.24, 2.45) is 0 Å². The first-order valence-corrected chi connectivity index (χ1v) is 23.9. The lowest BCUT2D eigenvalue weighted by molar-refractivity contribution is -0.126. The maximum absolute atomic E-state index is 16.0. The molecule has 2 atom stereocenters. The van der Waals surface area contributed by atoms with Crippen LogP contribution in [0, 0.1) is 5.82 Å². The molecule has 3 saturated heterocycles. The molecule has 356 valence electrons. The molecule has 3 aromatic carbocycles. The third kappa shape index (κ3) is 8.52. The summed E-state index contributed by atoms with van der Waals surface area (Å²) in [5, 5.41) is 14.9. The van der Waals surface area contributed by atoms with E-state index in [-0.39, 0.29) is 61.8 Å². The van der Waals surface area contributed by atoms with Gasteiger partial charge in [0.25, 0.3) is 17.7 Å². The van der Waals surface area contributed by atoms with Gasteiger partial charge in [-0.05, 0) is 78.9 Å². The molecular weight excluding hydrogens is 914 g/mol. The van der Waals surface area contributed by atoms with E-state index in [0.29, 0.717) is 77.0 Å². The van der Waals surface area contributed by atoms with Gasteiger partial charge in [-0.25, -0.2) is 27.9 Å². The Morgan fingerprint density at radius 2 is 1.71 bits per heavy atom. The molecule has 3 fully saturated rings. The largest absolute Gasteiger partial charge is 0.369 e. The summed E-state index contributed by atoms with van der Waals surface area (Å²) in [7, 11) is 0. The number of piperidine rings is 1. The van der Waals surface area contributed by atoms with Crippen molar-refractivity contribution in [2.75, 3.05) is 74.0 Å². The highest BCUT2D eigenvalue weighted by atomic mass is 32.1. The number of ketones is 1. The summed E-state index contributed by atoms with van der Waals surface area (Å²) in [5.41, 5.74) is 4.94. The fourth-order valence-corrected chi connectivity index (χ4v) is 11.0. The van der Waals surface area contributed by atoms with Crippen molar-refractivity contribution < 1.29 is 37.1 Å². The van der Waals surface area contributed by atoms with E-state index in [0.717, 1.165) is 30.8 Å². The van der Waals surface area contributed by atoms with Crippen LogP contribution in [0.2, 0.25) is 0 Å². The van der Waals surface area contributed by atoms with E-state index in [4.69, 9.17) is 0 Å². The highest BCUT2D eigenvalue weighted by molar-refractivity contribution is 7.13. The third-order valence-corrected chi connectivity index (χ3v) is 14.7. The average Bonchev–Trinajstić information content (AvgIpc) is 4.19. The van der Waals surface area contributed by atoms with E-state index in [1.807, 2.05) is 33.7 Å². The number of aromatic amines is 1. The number of carbonyl (C=O) groups is 5. The molecule has 0 radical (unpaired) electrons. The number of nitrogens with zero attached hydrogens (tertiary/aromatic N) is 9. The van der Waals surface area contributed by atoms with E-state index in [9.17, 15) is 24.0 Å². The second-order valence-electron chi connectivity index (χ2n) is 18.3. The highest BCUT2D eigenvalue weighted by Gasteiger charge is 2.46. The molecule has 3 N–H and O–H groups in total. The van der Waals surface area contributed by atoms with Crippen LogP contribution in [0.25, 0.3) is 22.0 Å². The Balaban J connectivity index is 0.683. The maximum atomic E-state index is 16.0. The molecule has 5 aliphatic rings. The summed E-state index contributed by atoms with van der Waals surface area (Å²) < 4.78 is 49.5. The second kappa shape index (κ2) is 17.8. The van der Waals surface area contributed by atoms with Crippen LogP contribution in [0.15, 0.2) is 72.5 Å². The van der Waals surface area contributed by atoms with Crippen LogP contribution in [0.5, 0.6) is 0 Å². The van der Waals surface area contributed by atoms with E-state index in [1.54, 1.807) is 42.2 Å². The molecule has 6 aromatic rings. The minimum absolute atomic E-state index is 0.0736. The van der Waals surface area contributed by atoms with Gasteiger partial charge in [0.2, 0.25) is 5.91 Å². The number of rotatable bonds is 12. The van der Waals surface area contributed by atoms with Gasteiger partial charge in [-0.2, -0.15) is 5.10 Å². The molecule has 0 saturated carbocycles. The van der Waals surface area contributed by atoms with Crippen LogP contribution >= 0.6 is 11.3 Å². The zero-order valence-electron chi connectivity index (χ0n) is 37.3. The molecule has 21 heteroatoms. The smallest absolute Gasteiger partial charge is 0.329 e. The van der Waals surface area contributed by atoms with Crippen LogP contribution in [-0.4, -0.2) is 134 Å². The van der Waals surface area contributed by atoms with Gasteiger partial charge in [-0.3, -0.25) is 49.6 Å². The average molecular weight is 961 g/mol. The Bertz CT molecular complexity index is 3010. The first-order valence-electron chi connectivity index (χ1n) is 23.0. The number of Topliss-reactive ketones (excluding diaryl/α,β-unsaturated/α-hetero) is 1. The quantitative estimate of drug-likeness (QED) is 0.140. The Hall–Kier alpha value is -6.97. The number of anilines is 3. The molecule has 0 spiro atoms. The third-order valence-electron chi connectivity index (χ3n) is 14.0. The molecule has 5 amide bonds. The second-order valence-corrected chi connectivity index (χ2v) is 19.2. The van der Waals surface area contributed by atoms with Crippen LogP contribution in [-0.2, 0) is 33.9 Å².